The van der Waals surface area contributed by atoms with Crippen molar-refractivity contribution in [3.63, 3.8) is 0 Å². The van der Waals surface area contributed by atoms with Gasteiger partial charge in [-0.1, -0.05) is 62.3 Å². The second kappa shape index (κ2) is 4.55. The molecule has 0 rings (SSSR count). The van der Waals surface area contributed by atoms with Crippen molar-refractivity contribution in [3.8, 4) is 0 Å². The predicted octanol–water partition coefficient (Wildman–Crippen LogP) is 3.88. The Morgan fingerprint density at radius 2 is 0.882 bits per heavy atom. The molecule has 100 valence electrons. The van der Waals surface area contributed by atoms with Crippen LogP contribution in [0.5, 0.6) is 0 Å². The van der Waals surface area contributed by atoms with Gasteiger partial charge in [-0.15, -0.1) is 0 Å². The van der Waals surface area contributed by atoms with Crippen LogP contribution < -0.4 is 0 Å². The first-order valence-electron chi connectivity index (χ1n) is 6.27. The summed E-state index contributed by atoms with van der Waals surface area (Å²) in [5.74, 6) is -0.433. The van der Waals surface area contributed by atoms with Crippen LogP contribution in [-0.2, 0) is 9.59 Å². The highest BCUT2D eigenvalue weighted by Crippen LogP contribution is 2.37. The van der Waals surface area contributed by atoms with Gasteiger partial charge in [0.05, 0.1) is 5.92 Å². The summed E-state index contributed by atoms with van der Waals surface area (Å²) in [6.07, 6.45) is 0. The molecule has 0 radical (unpaired) electrons. The highest BCUT2D eigenvalue weighted by molar-refractivity contribution is 6.07. The van der Waals surface area contributed by atoms with E-state index in [0.717, 1.165) is 0 Å². The molecule has 0 unspecified atom stereocenters. The van der Waals surface area contributed by atoms with Gasteiger partial charge >= 0.3 is 0 Å². The zero-order valence-electron chi connectivity index (χ0n) is 12.9. The van der Waals surface area contributed by atoms with E-state index in [0.29, 0.717) is 0 Å². The average molecular weight is 240 g/mol. The zero-order valence-corrected chi connectivity index (χ0v) is 12.9. The Morgan fingerprint density at radius 1 is 0.647 bits per heavy atom. The molecule has 0 saturated heterocycles. The van der Waals surface area contributed by atoms with Gasteiger partial charge in [-0.3, -0.25) is 9.59 Å². The molecular weight excluding hydrogens is 212 g/mol. The lowest BCUT2D eigenvalue weighted by Gasteiger charge is -2.36. The van der Waals surface area contributed by atoms with Crippen LogP contribution in [0.25, 0.3) is 0 Å². The third kappa shape index (κ3) is 4.25. The van der Waals surface area contributed by atoms with Crippen molar-refractivity contribution in [3.05, 3.63) is 0 Å². The van der Waals surface area contributed by atoms with E-state index in [1.54, 1.807) is 0 Å². The molecule has 0 N–H and O–H groups in total. The van der Waals surface area contributed by atoms with E-state index in [1.807, 2.05) is 62.3 Å². The van der Waals surface area contributed by atoms with E-state index in [1.165, 1.54) is 0 Å². The van der Waals surface area contributed by atoms with Gasteiger partial charge in [0, 0.05) is 10.8 Å². The molecule has 0 spiro atoms. The van der Waals surface area contributed by atoms with Gasteiger partial charge in [-0.2, -0.15) is 0 Å². The minimum absolute atomic E-state index is 0.0462. The number of hydrogen-bond donors (Lipinski definition) is 0. The van der Waals surface area contributed by atoms with Gasteiger partial charge in [0.25, 0.3) is 0 Å². The quantitative estimate of drug-likeness (QED) is 0.686. The van der Waals surface area contributed by atoms with Gasteiger partial charge in [0.1, 0.15) is 11.6 Å². The summed E-state index contributed by atoms with van der Waals surface area (Å²) >= 11 is 0. The molecule has 0 aliphatic carbocycles. The van der Waals surface area contributed by atoms with Crippen LogP contribution in [0, 0.1) is 22.2 Å². The smallest absolute Gasteiger partial charge is 0.149 e. The first-order chi connectivity index (χ1) is 7.19. The van der Waals surface area contributed by atoms with Gasteiger partial charge in [-0.05, 0) is 5.41 Å². The third-order valence-corrected chi connectivity index (χ3v) is 2.87. The van der Waals surface area contributed by atoms with E-state index >= 15 is 0 Å². The van der Waals surface area contributed by atoms with Gasteiger partial charge in [0.2, 0.25) is 0 Å². The van der Waals surface area contributed by atoms with Gasteiger partial charge < -0.3 is 0 Å². The van der Waals surface area contributed by atoms with Crippen LogP contribution in [-0.4, -0.2) is 11.6 Å². The standard InChI is InChI=1S/C15H28O2/c1-13(2,3)10(11(16)14(4,5)6)12(17)15(7,8)9/h10H,1-9H3. The maximum atomic E-state index is 12.5. The first-order valence-corrected chi connectivity index (χ1v) is 6.27. The van der Waals surface area contributed by atoms with Crippen molar-refractivity contribution < 1.29 is 9.59 Å². The molecular formula is C15H28O2. The molecule has 0 aromatic rings. The van der Waals surface area contributed by atoms with Gasteiger partial charge in [-0.25, -0.2) is 0 Å². The lowest BCUT2D eigenvalue weighted by Crippen LogP contribution is -2.45. The highest BCUT2D eigenvalue weighted by Gasteiger charge is 2.45. The van der Waals surface area contributed by atoms with Crippen LogP contribution in [0.4, 0.5) is 0 Å². The molecule has 2 nitrogen and oxygen atoms in total. The van der Waals surface area contributed by atoms with Crippen molar-refractivity contribution in [2.24, 2.45) is 22.2 Å². The molecule has 0 atom stereocenters. The topological polar surface area (TPSA) is 34.1 Å². The summed E-state index contributed by atoms with van der Waals surface area (Å²) in [4.78, 5) is 25.0. The largest absolute Gasteiger partial charge is 0.298 e. The van der Waals surface area contributed by atoms with Crippen LogP contribution in [0.2, 0.25) is 0 Å². The minimum Gasteiger partial charge on any atom is -0.298 e. The number of ketones is 2. The fraction of sp³-hybridized carbons (Fsp3) is 0.867. The summed E-state index contributed by atoms with van der Waals surface area (Å²) in [6, 6.07) is 0. The van der Waals surface area contributed by atoms with Crippen LogP contribution >= 0.6 is 0 Å². The van der Waals surface area contributed by atoms with E-state index in [-0.39, 0.29) is 17.0 Å². The van der Waals surface area contributed by atoms with E-state index in [4.69, 9.17) is 0 Å². The first kappa shape index (κ1) is 16.3. The molecule has 0 aromatic heterocycles. The van der Waals surface area contributed by atoms with Crippen molar-refractivity contribution in [2.75, 3.05) is 0 Å². The number of rotatable bonds is 2. The van der Waals surface area contributed by atoms with E-state index in [9.17, 15) is 9.59 Å². The average Bonchev–Trinajstić information content (AvgIpc) is 1.97. The Morgan fingerprint density at radius 3 is 1.00 bits per heavy atom. The lowest BCUT2D eigenvalue weighted by molar-refractivity contribution is -0.146. The Kier molecular flexibility index (Phi) is 4.37. The van der Waals surface area contributed by atoms with Crippen molar-refractivity contribution in [1.29, 1.82) is 0 Å². The lowest BCUT2D eigenvalue weighted by atomic mass is 9.65. The fourth-order valence-electron chi connectivity index (χ4n) is 1.77. The molecule has 0 aliphatic rings. The monoisotopic (exact) mass is 240 g/mol. The Labute approximate surface area is 106 Å². The zero-order chi connectivity index (χ0) is 14.2. The second-order valence-corrected chi connectivity index (χ2v) is 8.03. The number of hydrogen-bond acceptors (Lipinski definition) is 2. The third-order valence-electron chi connectivity index (χ3n) is 2.87. The number of carbonyl (C=O) groups is 2. The van der Waals surface area contributed by atoms with Gasteiger partial charge in [0.15, 0.2) is 0 Å². The molecule has 0 saturated carbocycles. The second-order valence-electron chi connectivity index (χ2n) is 8.03. The SMILES string of the molecule is CC(C)(C)C(=O)C(C(=O)C(C)(C)C)C(C)(C)C. The van der Waals surface area contributed by atoms with Crippen LogP contribution in [0.1, 0.15) is 62.3 Å². The normalized spacial score (nSPS) is 14.0. The molecule has 0 bridgehead atoms. The summed E-state index contributed by atoms with van der Waals surface area (Å²) in [7, 11) is 0. The molecule has 0 fully saturated rings. The summed E-state index contributed by atoms with van der Waals surface area (Å²) in [5.41, 5.74) is -1.27. The minimum atomic E-state index is -0.525. The Balaban J connectivity index is 5.50. The maximum Gasteiger partial charge on any atom is 0.149 e. The maximum absolute atomic E-state index is 12.5. The molecule has 0 heterocycles. The predicted molar refractivity (Wildman–Crippen MR) is 71.9 cm³/mol. The van der Waals surface area contributed by atoms with Crippen LogP contribution in [0.3, 0.4) is 0 Å². The Bertz CT molecular complexity index is 279. The summed E-state index contributed by atoms with van der Waals surface area (Å²) in [6.45, 7) is 17.2. The highest BCUT2D eigenvalue weighted by atomic mass is 16.2. The molecule has 2 heteroatoms. The van der Waals surface area contributed by atoms with Crippen molar-refractivity contribution >= 4 is 11.6 Å². The molecule has 0 aromatic carbocycles. The van der Waals surface area contributed by atoms with Crippen LogP contribution in [0.15, 0.2) is 0 Å². The summed E-state index contributed by atoms with van der Waals surface area (Å²) in [5, 5.41) is 0. The van der Waals surface area contributed by atoms with E-state index in [2.05, 4.69) is 0 Å². The molecule has 17 heavy (non-hydrogen) atoms. The number of Topliss-reactive ketones (excluding diaryl/α,β-unsaturated/α-hetero) is 2. The molecule has 0 amide bonds. The summed E-state index contributed by atoms with van der Waals surface area (Å²) < 4.78 is 0. The van der Waals surface area contributed by atoms with Crippen molar-refractivity contribution in [1.82, 2.24) is 0 Å². The van der Waals surface area contributed by atoms with Crippen molar-refractivity contribution in [2.45, 2.75) is 62.3 Å². The number of carbonyl (C=O) groups excluding carboxylic acids is 2. The Hall–Kier alpha value is -0.660. The fourth-order valence-corrected chi connectivity index (χ4v) is 1.77. The van der Waals surface area contributed by atoms with E-state index < -0.39 is 16.7 Å². The molecule has 0 aliphatic heterocycles.